The molecule has 0 saturated heterocycles. The SMILES string of the molecule is COc1ccc(S(N)(=O)=O)cc1C(=O)O[C@@H](C)C(=O)NC12CC3CC(CC(C3)C1)C2. The number of carbonyl (C=O) groups excluding carboxylic acids is 2. The standard InChI is InChI=1S/C21H28N2O6S/c1-12(19(24)23-21-9-13-5-14(10-21)7-15(6-13)11-21)29-20(25)17-8-16(30(22,26)27)3-4-18(17)28-2/h3-4,8,12-15H,5-7,9-11H2,1-2H3,(H,23,24)(H2,22,26,27)/t12-,13?,14?,15?,21?/m0/s1. The van der Waals surface area contributed by atoms with Gasteiger partial charge in [0.15, 0.2) is 6.10 Å². The molecule has 0 heterocycles. The highest BCUT2D eigenvalue weighted by molar-refractivity contribution is 7.89. The Kier molecular flexibility index (Phi) is 5.30. The van der Waals surface area contributed by atoms with Gasteiger partial charge < -0.3 is 14.8 Å². The number of ether oxygens (including phenoxy) is 2. The number of hydrogen-bond donors (Lipinski definition) is 2. The second-order valence-electron chi connectivity index (χ2n) is 9.14. The maximum atomic E-state index is 12.8. The first-order valence-electron chi connectivity index (χ1n) is 10.3. The lowest BCUT2D eigenvalue weighted by Gasteiger charge is -2.57. The van der Waals surface area contributed by atoms with E-state index in [2.05, 4.69) is 5.32 Å². The third-order valence-electron chi connectivity index (χ3n) is 6.80. The molecule has 4 fully saturated rings. The smallest absolute Gasteiger partial charge is 0.342 e. The van der Waals surface area contributed by atoms with Crippen LogP contribution in [0, 0.1) is 17.8 Å². The molecular weight excluding hydrogens is 408 g/mol. The molecule has 4 bridgehead atoms. The third kappa shape index (κ3) is 4.05. The fraction of sp³-hybridized carbons (Fsp3) is 0.619. The molecule has 3 N–H and O–H groups in total. The monoisotopic (exact) mass is 436 g/mol. The first kappa shape index (κ1) is 21.1. The lowest BCUT2D eigenvalue weighted by atomic mass is 9.53. The predicted molar refractivity (Wildman–Crippen MR) is 108 cm³/mol. The number of carbonyl (C=O) groups is 2. The van der Waals surface area contributed by atoms with E-state index in [0.717, 1.165) is 25.3 Å². The summed E-state index contributed by atoms with van der Waals surface area (Å²) in [6.07, 6.45) is 5.76. The van der Waals surface area contributed by atoms with Crippen LogP contribution in [0.3, 0.4) is 0 Å². The molecule has 4 saturated carbocycles. The van der Waals surface area contributed by atoms with Crippen LogP contribution in [-0.2, 0) is 19.6 Å². The summed E-state index contributed by atoms with van der Waals surface area (Å²) < 4.78 is 33.7. The molecule has 4 aliphatic rings. The van der Waals surface area contributed by atoms with Crippen LogP contribution >= 0.6 is 0 Å². The first-order valence-corrected chi connectivity index (χ1v) is 11.9. The molecule has 0 spiro atoms. The summed E-state index contributed by atoms with van der Waals surface area (Å²) in [4.78, 5) is 25.3. The van der Waals surface area contributed by atoms with Gasteiger partial charge in [-0.3, -0.25) is 4.79 Å². The summed E-state index contributed by atoms with van der Waals surface area (Å²) in [6, 6.07) is 3.67. The van der Waals surface area contributed by atoms with Crippen LogP contribution in [0.5, 0.6) is 5.75 Å². The van der Waals surface area contributed by atoms with Crippen molar-refractivity contribution in [1.29, 1.82) is 0 Å². The maximum absolute atomic E-state index is 12.8. The van der Waals surface area contributed by atoms with Crippen molar-refractivity contribution in [3.05, 3.63) is 23.8 Å². The molecule has 1 aromatic carbocycles. The molecule has 0 aromatic heterocycles. The zero-order chi connectivity index (χ0) is 21.7. The lowest BCUT2D eigenvalue weighted by molar-refractivity contribution is -0.134. The van der Waals surface area contributed by atoms with Gasteiger partial charge in [-0.05, 0) is 81.4 Å². The van der Waals surface area contributed by atoms with Crippen LogP contribution in [-0.4, -0.2) is 39.0 Å². The normalized spacial score (nSPS) is 30.6. The van der Waals surface area contributed by atoms with E-state index in [1.807, 2.05) is 0 Å². The summed E-state index contributed by atoms with van der Waals surface area (Å²) in [5.41, 5.74) is -0.281. The minimum Gasteiger partial charge on any atom is -0.496 e. The van der Waals surface area contributed by atoms with Crippen molar-refractivity contribution in [2.75, 3.05) is 7.11 Å². The molecule has 0 radical (unpaired) electrons. The Morgan fingerprint density at radius 1 is 1.13 bits per heavy atom. The van der Waals surface area contributed by atoms with E-state index in [0.29, 0.717) is 17.8 Å². The number of nitrogens with one attached hydrogen (secondary N) is 1. The van der Waals surface area contributed by atoms with Crippen molar-refractivity contribution in [1.82, 2.24) is 5.32 Å². The second kappa shape index (κ2) is 7.53. The van der Waals surface area contributed by atoms with E-state index in [4.69, 9.17) is 14.6 Å². The van der Waals surface area contributed by atoms with Crippen LogP contribution in [0.2, 0.25) is 0 Å². The van der Waals surface area contributed by atoms with Gasteiger partial charge in [0.2, 0.25) is 10.0 Å². The predicted octanol–water partition coefficient (Wildman–Crippen LogP) is 1.97. The van der Waals surface area contributed by atoms with Gasteiger partial charge in [0, 0.05) is 5.54 Å². The molecule has 9 heteroatoms. The number of primary sulfonamides is 1. The van der Waals surface area contributed by atoms with Crippen LogP contribution in [0.4, 0.5) is 0 Å². The molecule has 8 nitrogen and oxygen atoms in total. The van der Waals surface area contributed by atoms with Gasteiger partial charge in [0.25, 0.3) is 5.91 Å². The second-order valence-corrected chi connectivity index (χ2v) is 10.7. The average molecular weight is 437 g/mol. The van der Waals surface area contributed by atoms with Crippen molar-refractivity contribution in [3.8, 4) is 5.75 Å². The van der Waals surface area contributed by atoms with Gasteiger partial charge in [0.1, 0.15) is 11.3 Å². The van der Waals surface area contributed by atoms with E-state index in [1.54, 1.807) is 0 Å². The van der Waals surface area contributed by atoms with Crippen molar-refractivity contribution in [2.24, 2.45) is 22.9 Å². The van der Waals surface area contributed by atoms with Crippen molar-refractivity contribution < 1.29 is 27.5 Å². The fourth-order valence-electron chi connectivity index (χ4n) is 5.93. The molecular formula is C21H28N2O6S. The maximum Gasteiger partial charge on any atom is 0.342 e. The first-order chi connectivity index (χ1) is 14.1. The largest absolute Gasteiger partial charge is 0.496 e. The number of nitrogens with two attached hydrogens (primary N) is 1. The van der Waals surface area contributed by atoms with E-state index >= 15 is 0 Å². The third-order valence-corrected chi connectivity index (χ3v) is 7.71. The highest BCUT2D eigenvalue weighted by atomic mass is 32.2. The van der Waals surface area contributed by atoms with Gasteiger partial charge in [-0.25, -0.2) is 18.4 Å². The number of amides is 1. The molecule has 1 aromatic rings. The summed E-state index contributed by atoms with van der Waals surface area (Å²) >= 11 is 0. The minimum atomic E-state index is -4.00. The number of rotatable bonds is 6. The van der Waals surface area contributed by atoms with Crippen LogP contribution < -0.4 is 15.2 Å². The Morgan fingerprint density at radius 3 is 2.20 bits per heavy atom. The Labute approximate surface area is 176 Å². The topological polar surface area (TPSA) is 125 Å². The minimum absolute atomic E-state index is 0.0986. The molecule has 0 aliphatic heterocycles. The van der Waals surface area contributed by atoms with Crippen molar-refractivity contribution in [3.63, 3.8) is 0 Å². The summed E-state index contributed by atoms with van der Waals surface area (Å²) in [6.45, 7) is 1.52. The fourth-order valence-corrected chi connectivity index (χ4v) is 6.47. The van der Waals surface area contributed by atoms with Gasteiger partial charge in [-0.15, -0.1) is 0 Å². The average Bonchev–Trinajstić information content (AvgIpc) is 2.65. The number of sulfonamides is 1. The highest BCUT2D eigenvalue weighted by Crippen LogP contribution is 2.55. The molecule has 5 rings (SSSR count). The molecule has 0 unspecified atom stereocenters. The number of esters is 1. The summed E-state index contributed by atoms with van der Waals surface area (Å²) in [5.74, 6) is 1.01. The highest BCUT2D eigenvalue weighted by Gasteiger charge is 2.51. The van der Waals surface area contributed by atoms with E-state index in [-0.39, 0.29) is 27.7 Å². The molecule has 1 atom stereocenters. The van der Waals surface area contributed by atoms with Crippen LogP contribution in [0.25, 0.3) is 0 Å². The molecule has 164 valence electrons. The summed E-state index contributed by atoms with van der Waals surface area (Å²) in [7, 11) is -2.65. The van der Waals surface area contributed by atoms with Crippen LogP contribution in [0.15, 0.2) is 23.1 Å². The molecule has 1 amide bonds. The summed E-state index contributed by atoms with van der Waals surface area (Å²) in [5, 5.41) is 8.33. The van der Waals surface area contributed by atoms with Gasteiger partial charge >= 0.3 is 5.97 Å². The van der Waals surface area contributed by atoms with Crippen LogP contribution in [0.1, 0.15) is 55.8 Å². The molecule has 30 heavy (non-hydrogen) atoms. The van der Waals surface area contributed by atoms with E-state index in [1.165, 1.54) is 45.4 Å². The Hall–Kier alpha value is -2.13. The van der Waals surface area contributed by atoms with Gasteiger partial charge in [0.05, 0.1) is 12.0 Å². The van der Waals surface area contributed by atoms with Gasteiger partial charge in [-0.1, -0.05) is 0 Å². The van der Waals surface area contributed by atoms with E-state index in [9.17, 15) is 18.0 Å². The zero-order valence-electron chi connectivity index (χ0n) is 17.2. The quantitative estimate of drug-likeness (QED) is 0.657. The number of methoxy groups -OCH3 is 1. The van der Waals surface area contributed by atoms with E-state index < -0.39 is 22.1 Å². The zero-order valence-corrected chi connectivity index (χ0v) is 18.0. The van der Waals surface area contributed by atoms with Crippen molar-refractivity contribution >= 4 is 21.9 Å². The number of benzene rings is 1. The van der Waals surface area contributed by atoms with Gasteiger partial charge in [-0.2, -0.15) is 0 Å². The Bertz CT molecular complexity index is 938. The Morgan fingerprint density at radius 2 is 1.70 bits per heavy atom. The number of hydrogen-bond acceptors (Lipinski definition) is 6. The molecule has 4 aliphatic carbocycles. The Balaban J connectivity index is 1.45. The lowest BCUT2D eigenvalue weighted by Crippen LogP contribution is -2.61. The van der Waals surface area contributed by atoms with Crippen molar-refractivity contribution in [2.45, 2.75) is 62.0 Å².